The molecule has 1 atom stereocenters. The molecule has 0 heterocycles. The molecule has 0 bridgehead atoms. The van der Waals surface area contributed by atoms with Gasteiger partial charge in [0.25, 0.3) is 0 Å². The molecule has 1 unspecified atom stereocenters. The summed E-state index contributed by atoms with van der Waals surface area (Å²) in [7, 11) is 0. The Morgan fingerprint density at radius 1 is 2.00 bits per heavy atom. The largest absolute Gasteiger partial charge is 1.00 e. The molecule has 0 amide bonds. The third kappa shape index (κ3) is 8.82. The van der Waals surface area contributed by atoms with Gasteiger partial charge in [-0.1, -0.05) is 0 Å². The van der Waals surface area contributed by atoms with Crippen LogP contribution in [-0.4, -0.2) is 8.76 Å². The summed E-state index contributed by atoms with van der Waals surface area (Å²) in [4.78, 5) is 0. The van der Waals surface area contributed by atoms with E-state index in [-0.39, 0.29) is 20.3 Å². The van der Waals surface area contributed by atoms with Gasteiger partial charge in [-0.2, -0.15) is 0 Å². The summed E-state index contributed by atoms with van der Waals surface area (Å²) in [5, 5.41) is 0. The van der Waals surface area contributed by atoms with Crippen molar-refractivity contribution in [1.82, 2.24) is 0 Å². The number of hydrogen-bond donors (Lipinski definition) is 0. The third-order valence-corrected chi connectivity index (χ3v) is 0.154. The predicted molar refractivity (Wildman–Crippen MR) is 12.2 cm³/mol. The Morgan fingerprint density at radius 2 is 2.17 bits per heavy atom. The summed E-state index contributed by atoms with van der Waals surface area (Å²) in [5.41, 5.74) is 0. The van der Waals surface area contributed by atoms with Gasteiger partial charge in [-0.25, -0.2) is 4.21 Å². The smallest absolute Gasteiger partial charge is 1.00 e. The van der Waals surface area contributed by atoms with Crippen LogP contribution in [0.25, 0.3) is 0 Å². The van der Waals surface area contributed by atoms with Crippen LogP contribution < -0.4 is 18.9 Å². The monoisotopic (exact) mass is 107 g/mol. The Hall–Kier alpha value is 0.597. The fourth-order valence-corrected chi connectivity index (χ4v) is 0. The summed E-state index contributed by atoms with van der Waals surface area (Å²) in [6, 6.07) is 0. The quantitative estimate of drug-likeness (QED) is 0.262. The molecular weight excluding hydrogens is 106 g/mol. The maximum absolute atomic E-state index is 10.0. The maximum Gasteiger partial charge on any atom is 1.00 e. The fourth-order valence-electron chi connectivity index (χ4n) is 0. The predicted octanol–water partition coefficient (Wildman–Crippen LogP) is -3.20. The van der Waals surface area contributed by atoms with E-state index in [0.29, 0.717) is 0 Å². The normalized spacial score (nSPS) is 12.3. The van der Waals surface area contributed by atoms with Crippen molar-refractivity contribution in [2.24, 2.45) is 0 Å². The van der Waals surface area contributed by atoms with E-state index in [9.17, 15) is 4.53 Å². The first-order chi connectivity index (χ1) is 2.27. The maximum atomic E-state index is 10.0. The average molecular weight is 107 g/mol. The van der Waals surface area contributed by atoms with Crippen molar-refractivity contribution in [3.05, 3.63) is 0 Å². The molecule has 0 aliphatic carbocycles. The molecule has 0 N–H and O–H groups in total. The van der Waals surface area contributed by atoms with Crippen LogP contribution >= 0.6 is 0 Å². The average Bonchev–Trinajstić information content (AvgIpc) is 1.38. The van der Waals surface area contributed by atoms with Gasteiger partial charge in [-0.05, 0) is 4.53 Å². The van der Waals surface area contributed by atoms with Gasteiger partial charge in [0.2, 0.25) is 0 Å². The van der Waals surface area contributed by atoms with Crippen molar-refractivity contribution in [3.63, 3.8) is 0 Å². The van der Waals surface area contributed by atoms with Gasteiger partial charge in [0.1, 0.15) is 11.4 Å². The first-order valence-electron chi connectivity index (χ1n) is 0.654. The minimum absolute atomic E-state index is 0. The molecular formula is HFLiO3S-. The molecule has 6 heteroatoms. The molecule has 0 rings (SSSR count). The second kappa shape index (κ2) is 5.60. The van der Waals surface area contributed by atoms with E-state index < -0.39 is 11.4 Å². The van der Waals surface area contributed by atoms with Gasteiger partial charge in [0.15, 0.2) is 0 Å². The summed E-state index contributed by atoms with van der Waals surface area (Å²) >= 11 is -2.99. The number of rotatable bonds is 1. The molecule has 0 aliphatic heterocycles. The first kappa shape index (κ1) is 9.78. The van der Waals surface area contributed by atoms with Crippen LogP contribution in [-0.2, 0) is 15.7 Å². The van der Waals surface area contributed by atoms with Gasteiger partial charge in [-0.3, -0.25) is 0 Å². The first-order valence-corrected chi connectivity index (χ1v) is 1.65. The van der Waals surface area contributed by atoms with Crippen LogP contribution in [0.4, 0.5) is 4.53 Å². The second-order valence-electron chi connectivity index (χ2n) is 0.267. The Kier molecular flexibility index (Phi) is 9.12. The van der Waals surface area contributed by atoms with E-state index >= 15 is 0 Å². The van der Waals surface area contributed by atoms with Crippen LogP contribution in [0.15, 0.2) is 0 Å². The van der Waals surface area contributed by atoms with Crippen LogP contribution in [0.1, 0.15) is 1.43 Å². The van der Waals surface area contributed by atoms with Crippen molar-refractivity contribution in [3.8, 4) is 0 Å². The molecule has 0 aromatic rings. The SMILES string of the molecule is O=S([O-])OF.[H-].[Li+]. The summed E-state index contributed by atoms with van der Waals surface area (Å²) in [6.07, 6.45) is 0. The van der Waals surface area contributed by atoms with Crippen LogP contribution in [0.5, 0.6) is 0 Å². The summed E-state index contributed by atoms with van der Waals surface area (Å²) < 4.78 is 29.7. The Bertz CT molecular complexity index is 50.2. The molecule has 3 nitrogen and oxygen atoms in total. The van der Waals surface area contributed by atoms with Crippen molar-refractivity contribution < 1.29 is 38.0 Å². The Balaban J connectivity index is -0.0000000800. The number of hydrogen-bond acceptors (Lipinski definition) is 3. The molecule has 0 saturated heterocycles. The Morgan fingerprint density at radius 3 is 2.17 bits per heavy atom. The van der Waals surface area contributed by atoms with Crippen molar-refractivity contribution >= 4 is 11.4 Å². The minimum atomic E-state index is -2.99. The summed E-state index contributed by atoms with van der Waals surface area (Å²) in [5.74, 6) is 0. The van der Waals surface area contributed by atoms with Gasteiger partial charge in [0, 0.05) is 0 Å². The molecule has 6 heavy (non-hydrogen) atoms. The molecule has 0 fully saturated rings. The zero-order valence-corrected chi connectivity index (χ0v) is 3.83. The summed E-state index contributed by atoms with van der Waals surface area (Å²) in [6.45, 7) is 0. The van der Waals surface area contributed by atoms with Gasteiger partial charge >= 0.3 is 18.9 Å². The molecule has 34 valence electrons. The van der Waals surface area contributed by atoms with Crippen LogP contribution in [0.2, 0.25) is 0 Å². The van der Waals surface area contributed by atoms with Crippen molar-refractivity contribution in [2.45, 2.75) is 0 Å². The molecule has 0 aromatic heterocycles. The van der Waals surface area contributed by atoms with Crippen LogP contribution in [0, 0.1) is 0 Å². The molecule has 0 aliphatic rings. The number of halogens is 1. The molecule has 0 radical (unpaired) electrons. The van der Waals surface area contributed by atoms with E-state index in [1.807, 2.05) is 0 Å². The standard InChI is InChI=1S/FHO3S.Li.H/c1-4-5(2)3;;/h(H,2,3);;/q;+1;-1/p-1. The van der Waals surface area contributed by atoms with Gasteiger partial charge in [0.05, 0.1) is 0 Å². The van der Waals surface area contributed by atoms with Crippen molar-refractivity contribution in [2.75, 3.05) is 0 Å². The minimum Gasteiger partial charge on any atom is -1.00 e. The molecule has 0 aromatic carbocycles. The van der Waals surface area contributed by atoms with Crippen molar-refractivity contribution in [1.29, 1.82) is 0 Å². The molecule has 0 saturated carbocycles. The third-order valence-electron chi connectivity index (χ3n) is 0.0514. The van der Waals surface area contributed by atoms with Crippen LogP contribution in [0.3, 0.4) is 0 Å². The zero-order valence-electron chi connectivity index (χ0n) is 4.01. The van der Waals surface area contributed by atoms with Gasteiger partial charge < -0.3 is 5.98 Å². The van der Waals surface area contributed by atoms with E-state index in [1.165, 1.54) is 0 Å². The van der Waals surface area contributed by atoms with E-state index in [1.54, 1.807) is 0 Å². The second-order valence-corrected chi connectivity index (χ2v) is 0.801. The fraction of sp³-hybridized carbons (Fsp3) is 0. The Labute approximate surface area is 49.9 Å². The van der Waals surface area contributed by atoms with E-state index in [4.69, 9.17) is 8.76 Å². The van der Waals surface area contributed by atoms with Gasteiger partial charge in [-0.15, -0.1) is 4.39 Å². The van der Waals surface area contributed by atoms with E-state index in [2.05, 4.69) is 4.39 Å². The molecule has 0 spiro atoms. The zero-order chi connectivity index (χ0) is 4.28. The van der Waals surface area contributed by atoms with E-state index in [0.717, 1.165) is 0 Å². The topological polar surface area (TPSA) is 49.4 Å².